The number of halogens is 2. The molecule has 0 fully saturated rings. The summed E-state index contributed by atoms with van der Waals surface area (Å²) in [5.74, 6) is 0. The number of nitrogens with zero attached hydrogens (tertiary/aromatic N) is 1. The molecule has 0 aromatic rings. The monoisotopic (exact) mass is 221 g/mol. The zero-order valence-electron chi connectivity index (χ0n) is 7.64. The Bertz CT molecular complexity index is 244. The van der Waals surface area contributed by atoms with E-state index in [-0.39, 0.29) is 11.2 Å². The first kappa shape index (κ1) is 12.3. The molecule has 0 unspecified atom stereocenters. The lowest BCUT2D eigenvalue weighted by molar-refractivity contribution is 0.676. The summed E-state index contributed by atoms with van der Waals surface area (Å²) >= 11 is 11.5. The third-order valence-corrected chi connectivity index (χ3v) is 1.57. The third kappa shape index (κ3) is 4.80. The van der Waals surface area contributed by atoms with Crippen molar-refractivity contribution in [2.24, 2.45) is 10.7 Å². The number of nitrogens with two attached hydrogens (primary N) is 1. The van der Waals surface area contributed by atoms with Crippen molar-refractivity contribution in [3.05, 3.63) is 22.5 Å². The van der Waals surface area contributed by atoms with Crippen LogP contribution < -0.4 is 11.1 Å². The van der Waals surface area contributed by atoms with Crippen LogP contribution in [-0.4, -0.2) is 12.4 Å². The second-order valence-electron chi connectivity index (χ2n) is 2.65. The van der Waals surface area contributed by atoms with E-state index in [0.29, 0.717) is 10.7 Å². The maximum Gasteiger partial charge on any atom is 0.155 e. The molecule has 0 saturated heterocycles. The zero-order valence-corrected chi connectivity index (χ0v) is 9.15. The summed E-state index contributed by atoms with van der Waals surface area (Å²) in [7, 11) is 0. The van der Waals surface area contributed by atoms with Crippen LogP contribution in [0.15, 0.2) is 27.5 Å². The highest BCUT2D eigenvalue weighted by Crippen LogP contribution is 2.18. The van der Waals surface area contributed by atoms with Crippen LogP contribution in [0.3, 0.4) is 0 Å². The van der Waals surface area contributed by atoms with Gasteiger partial charge in [-0.1, -0.05) is 29.8 Å². The lowest BCUT2D eigenvalue weighted by Gasteiger charge is -2.13. The molecule has 0 atom stereocenters. The molecule has 0 radical (unpaired) electrons. The lowest BCUT2D eigenvalue weighted by Crippen LogP contribution is -2.22. The minimum absolute atomic E-state index is 0.201. The molecule has 0 bridgehead atoms. The Hall–Kier alpha value is -0.670. The van der Waals surface area contributed by atoms with E-state index in [1.54, 1.807) is 0 Å². The van der Waals surface area contributed by atoms with Crippen molar-refractivity contribution in [3.63, 3.8) is 0 Å². The Balaban J connectivity index is 4.77. The Morgan fingerprint density at radius 2 is 2.08 bits per heavy atom. The van der Waals surface area contributed by atoms with Gasteiger partial charge in [0.05, 0.1) is 17.1 Å². The van der Waals surface area contributed by atoms with E-state index < -0.39 is 0 Å². The molecule has 0 aliphatic rings. The van der Waals surface area contributed by atoms with Crippen LogP contribution in [0.25, 0.3) is 0 Å². The summed E-state index contributed by atoms with van der Waals surface area (Å²) in [6, 6.07) is 0.201. The first-order valence-corrected chi connectivity index (χ1v) is 4.50. The molecule has 0 aromatic carbocycles. The Morgan fingerprint density at radius 1 is 1.54 bits per heavy atom. The van der Waals surface area contributed by atoms with Crippen molar-refractivity contribution in [2.45, 2.75) is 19.9 Å². The maximum atomic E-state index is 5.78. The van der Waals surface area contributed by atoms with Crippen LogP contribution in [-0.2, 0) is 0 Å². The minimum Gasteiger partial charge on any atom is -0.390 e. The summed E-state index contributed by atoms with van der Waals surface area (Å²) in [6.45, 7) is 7.47. The van der Waals surface area contributed by atoms with Crippen molar-refractivity contribution >= 4 is 29.5 Å². The molecule has 0 heterocycles. The van der Waals surface area contributed by atoms with Crippen LogP contribution in [0.2, 0.25) is 0 Å². The smallest absolute Gasteiger partial charge is 0.155 e. The number of aliphatic imine (C=N–C) groups is 1. The Labute approximate surface area is 88.3 Å². The van der Waals surface area contributed by atoms with Crippen molar-refractivity contribution in [2.75, 3.05) is 0 Å². The summed E-state index contributed by atoms with van der Waals surface area (Å²) in [4.78, 5) is 3.69. The minimum atomic E-state index is 0.201. The van der Waals surface area contributed by atoms with E-state index in [4.69, 9.17) is 28.9 Å². The molecule has 74 valence electrons. The van der Waals surface area contributed by atoms with Gasteiger partial charge in [0.15, 0.2) is 5.16 Å². The number of nitrogens with one attached hydrogen (secondary N) is 1. The summed E-state index contributed by atoms with van der Waals surface area (Å²) in [5.41, 5.74) is 5.59. The van der Waals surface area contributed by atoms with Gasteiger partial charge in [0.2, 0.25) is 0 Å². The average Bonchev–Trinajstić information content (AvgIpc) is 1.99. The fraction of sp³-hybridized carbons (Fsp3) is 0.375. The molecule has 0 saturated carbocycles. The van der Waals surface area contributed by atoms with E-state index in [0.717, 1.165) is 6.34 Å². The van der Waals surface area contributed by atoms with Crippen LogP contribution in [0.1, 0.15) is 13.8 Å². The molecule has 13 heavy (non-hydrogen) atoms. The first-order valence-electron chi connectivity index (χ1n) is 3.74. The molecule has 0 aliphatic carbocycles. The van der Waals surface area contributed by atoms with Gasteiger partial charge >= 0.3 is 0 Å². The van der Waals surface area contributed by atoms with Gasteiger partial charge in [-0.2, -0.15) is 0 Å². The standard InChI is InChI=1S/C8H13Cl2N3/c1-5(2)13-7(6(3)9)8(10)12-4-11/h4-5,13H,3H2,1-2H3,(H2,11,12)/b8-7+. The molecular formula is C8H13Cl2N3. The van der Waals surface area contributed by atoms with Crippen molar-refractivity contribution < 1.29 is 0 Å². The third-order valence-electron chi connectivity index (χ3n) is 1.10. The number of rotatable bonds is 4. The quantitative estimate of drug-likeness (QED) is 0.331. The molecule has 0 spiro atoms. The van der Waals surface area contributed by atoms with E-state index in [2.05, 4.69) is 16.9 Å². The maximum absolute atomic E-state index is 5.78. The molecular weight excluding hydrogens is 209 g/mol. The average molecular weight is 222 g/mol. The van der Waals surface area contributed by atoms with Crippen LogP contribution >= 0.6 is 23.2 Å². The van der Waals surface area contributed by atoms with Gasteiger partial charge in [0.25, 0.3) is 0 Å². The SMILES string of the molecule is C=C(Cl)/C(NC(C)C)=C(/Cl)N=CN. The van der Waals surface area contributed by atoms with Gasteiger partial charge in [0.1, 0.15) is 0 Å². The number of hydrogen-bond donors (Lipinski definition) is 2. The zero-order chi connectivity index (χ0) is 10.4. The topological polar surface area (TPSA) is 50.4 Å². The molecule has 3 N–H and O–H groups in total. The predicted octanol–water partition coefficient (Wildman–Crippen LogP) is 2.13. The van der Waals surface area contributed by atoms with Gasteiger partial charge < -0.3 is 11.1 Å². The summed E-state index contributed by atoms with van der Waals surface area (Å²) < 4.78 is 0. The van der Waals surface area contributed by atoms with Gasteiger partial charge in [-0.05, 0) is 13.8 Å². The highest BCUT2D eigenvalue weighted by Gasteiger charge is 2.07. The van der Waals surface area contributed by atoms with Gasteiger partial charge in [0, 0.05) is 6.04 Å². The molecule has 0 aliphatic heterocycles. The van der Waals surface area contributed by atoms with E-state index in [1.165, 1.54) is 0 Å². The highest BCUT2D eigenvalue weighted by molar-refractivity contribution is 6.35. The molecule has 0 rings (SSSR count). The lowest BCUT2D eigenvalue weighted by atomic mass is 10.3. The second kappa shape index (κ2) is 5.89. The van der Waals surface area contributed by atoms with Crippen molar-refractivity contribution in [1.82, 2.24) is 5.32 Å². The second-order valence-corrected chi connectivity index (χ2v) is 3.46. The van der Waals surface area contributed by atoms with Crippen LogP contribution in [0.4, 0.5) is 0 Å². The first-order chi connectivity index (χ1) is 5.99. The fourth-order valence-corrected chi connectivity index (χ4v) is 1.09. The summed E-state index contributed by atoms with van der Waals surface area (Å²) in [5, 5.41) is 3.53. The van der Waals surface area contributed by atoms with E-state index in [9.17, 15) is 0 Å². The predicted molar refractivity (Wildman–Crippen MR) is 58.8 cm³/mol. The summed E-state index contributed by atoms with van der Waals surface area (Å²) in [6.07, 6.45) is 1.10. The molecule has 0 aromatic heterocycles. The van der Waals surface area contributed by atoms with Gasteiger partial charge in [-0.15, -0.1) is 0 Å². The van der Waals surface area contributed by atoms with Gasteiger partial charge in [-0.25, -0.2) is 4.99 Å². The van der Waals surface area contributed by atoms with Gasteiger partial charge in [-0.3, -0.25) is 0 Å². The van der Waals surface area contributed by atoms with Crippen LogP contribution in [0.5, 0.6) is 0 Å². The van der Waals surface area contributed by atoms with E-state index in [1.807, 2.05) is 13.8 Å². The van der Waals surface area contributed by atoms with Crippen molar-refractivity contribution in [3.8, 4) is 0 Å². The Morgan fingerprint density at radius 3 is 2.38 bits per heavy atom. The number of hydrogen-bond acceptors (Lipinski definition) is 2. The Kier molecular flexibility index (Phi) is 5.58. The molecule has 0 amide bonds. The van der Waals surface area contributed by atoms with Crippen molar-refractivity contribution in [1.29, 1.82) is 0 Å². The van der Waals surface area contributed by atoms with E-state index >= 15 is 0 Å². The van der Waals surface area contributed by atoms with Crippen LogP contribution in [0, 0.1) is 0 Å². The molecule has 3 nitrogen and oxygen atoms in total. The fourth-order valence-electron chi connectivity index (χ4n) is 0.668. The largest absolute Gasteiger partial charge is 0.390 e. The normalized spacial score (nSPS) is 13.3. The molecule has 5 heteroatoms. The highest BCUT2D eigenvalue weighted by atomic mass is 35.5. The number of allylic oxidation sites excluding steroid dienone is 1.